The van der Waals surface area contributed by atoms with E-state index >= 15 is 0 Å². The zero-order valence-corrected chi connectivity index (χ0v) is 14.4. The molecule has 0 aliphatic carbocycles. The van der Waals surface area contributed by atoms with Crippen LogP contribution in [-0.2, 0) is 6.18 Å². The van der Waals surface area contributed by atoms with Gasteiger partial charge < -0.3 is 16.2 Å². The number of rotatable bonds is 2. The molecule has 0 aromatic heterocycles. The first-order chi connectivity index (χ1) is 12.7. The molecule has 0 spiro atoms. The van der Waals surface area contributed by atoms with Crippen molar-refractivity contribution in [3.05, 3.63) is 69.8 Å². The number of alkyl halides is 3. The van der Waals surface area contributed by atoms with Gasteiger partial charge in [0.25, 0.3) is 5.91 Å². The van der Waals surface area contributed by atoms with Crippen molar-refractivity contribution in [1.29, 1.82) is 0 Å². The fourth-order valence-electron chi connectivity index (χ4n) is 2.69. The van der Waals surface area contributed by atoms with Crippen LogP contribution in [0.4, 0.5) is 13.2 Å². The van der Waals surface area contributed by atoms with Gasteiger partial charge in [-0.3, -0.25) is 4.79 Å². The summed E-state index contributed by atoms with van der Waals surface area (Å²) in [7, 11) is 0. The van der Waals surface area contributed by atoms with Gasteiger partial charge in [-0.15, -0.1) is 0 Å². The van der Waals surface area contributed by atoms with E-state index < -0.39 is 28.6 Å². The molecule has 1 aliphatic heterocycles. The summed E-state index contributed by atoms with van der Waals surface area (Å²) < 4.78 is 45.0. The monoisotopic (exact) mass is 395 g/mol. The van der Waals surface area contributed by atoms with Crippen molar-refractivity contribution < 1.29 is 22.7 Å². The van der Waals surface area contributed by atoms with Gasteiger partial charge in [0.2, 0.25) is 0 Å². The summed E-state index contributed by atoms with van der Waals surface area (Å²) in [6.07, 6.45) is -2.96. The first kappa shape index (κ1) is 18.8. The van der Waals surface area contributed by atoms with Crippen LogP contribution in [0.3, 0.4) is 0 Å². The second kappa shape index (κ2) is 6.96. The molecule has 0 saturated carbocycles. The topological polar surface area (TPSA) is 90.7 Å². The van der Waals surface area contributed by atoms with Gasteiger partial charge in [-0.1, -0.05) is 17.7 Å². The van der Waals surface area contributed by atoms with Crippen molar-refractivity contribution in [2.75, 3.05) is 6.61 Å². The number of nitrogens with two attached hydrogens (primary N) is 2. The lowest BCUT2D eigenvalue weighted by molar-refractivity contribution is -0.137. The number of benzene rings is 2. The van der Waals surface area contributed by atoms with Crippen LogP contribution >= 0.6 is 11.6 Å². The third-order valence-corrected chi connectivity index (χ3v) is 4.19. The Hall–Kier alpha value is -3.00. The lowest BCUT2D eigenvalue weighted by atomic mass is 9.93. The smallest absolute Gasteiger partial charge is 0.417 e. The van der Waals surface area contributed by atoms with Crippen molar-refractivity contribution in [2.45, 2.75) is 6.18 Å². The highest BCUT2D eigenvalue weighted by atomic mass is 35.5. The maximum atomic E-state index is 13.2. The highest BCUT2D eigenvalue weighted by molar-refractivity contribution is 6.31. The third kappa shape index (κ3) is 3.90. The van der Waals surface area contributed by atoms with E-state index in [1.807, 2.05) is 0 Å². The Bertz CT molecular complexity index is 980. The minimum absolute atomic E-state index is 0.170. The van der Waals surface area contributed by atoms with Crippen LogP contribution in [0.1, 0.15) is 27.0 Å². The zero-order chi connectivity index (χ0) is 19.8. The van der Waals surface area contributed by atoms with E-state index in [9.17, 15) is 18.0 Å². The number of hydrogen-bond donors (Lipinski definition) is 2. The van der Waals surface area contributed by atoms with Crippen LogP contribution in [0.15, 0.2) is 47.5 Å². The summed E-state index contributed by atoms with van der Waals surface area (Å²) in [5.41, 5.74) is 10.9. The second-order valence-electron chi connectivity index (χ2n) is 5.67. The maximum absolute atomic E-state index is 13.2. The standard InChI is InChI=1S/C18H13ClF3N3O2/c19-14-3-1-9(8-13(14)18(20,21)22)11-5-6-27-15-4-2-10(7-12(11)15)16(26)25-17(23)24/h1-5,7-8H,6H2,(H4,23,24,25,26). The van der Waals surface area contributed by atoms with Gasteiger partial charge in [0.1, 0.15) is 12.4 Å². The summed E-state index contributed by atoms with van der Waals surface area (Å²) in [6, 6.07) is 8.11. The number of carbonyl (C=O) groups is 1. The van der Waals surface area contributed by atoms with Gasteiger partial charge in [-0.2, -0.15) is 18.2 Å². The predicted molar refractivity (Wildman–Crippen MR) is 95.6 cm³/mol. The molecule has 0 atom stereocenters. The molecule has 9 heteroatoms. The normalized spacial score (nSPS) is 13.3. The van der Waals surface area contributed by atoms with Crippen molar-refractivity contribution in [3.8, 4) is 5.75 Å². The maximum Gasteiger partial charge on any atom is 0.417 e. The summed E-state index contributed by atoms with van der Waals surface area (Å²) in [5, 5.41) is -0.393. The van der Waals surface area contributed by atoms with Gasteiger partial charge in [-0.05, 0) is 47.5 Å². The van der Waals surface area contributed by atoms with E-state index in [-0.39, 0.29) is 12.2 Å². The number of fused-ring (bicyclic) bond motifs is 1. The molecule has 0 saturated heterocycles. The van der Waals surface area contributed by atoms with Gasteiger partial charge in [0.15, 0.2) is 5.96 Å². The molecular weight excluding hydrogens is 383 g/mol. The molecule has 0 radical (unpaired) electrons. The number of amides is 1. The predicted octanol–water partition coefficient (Wildman–Crippen LogP) is 3.60. The van der Waals surface area contributed by atoms with Crippen molar-refractivity contribution in [2.24, 2.45) is 16.5 Å². The van der Waals surface area contributed by atoms with Crippen LogP contribution in [0.5, 0.6) is 5.75 Å². The number of hydrogen-bond acceptors (Lipinski definition) is 2. The molecule has 0 unspecified atom stereocenters. The molecule has 0 fully saturated rings. The van der Waals surface area contributed by atoms with Crippen LogP contribution in [0.2, 0.25) is 5.02 Å². The van der Waals surface area contributed by atoms with E-state index in [1.54, 1.807) is 12.1 Å². The summed E-state index contributed by atoms with van der Waals surface area (Å²) in [4.78, 5) is 15.5. The van der Waals surface area contributed by atoms with Crippen LogP contribution < -0.4 is 16.2 Å². The van der Waals surface area contributed by atoms with Crippen molar-refractivity contribution in [3.63, 3.8) is 0 Å². The Morgan fingerprint density at radius 3 is 2.56 bits per heavy atom. The molecule has 27 heavy (non-hydrogen) atoms. The summed E-state index contributed by atoms with van der Waals surface area (Å²) >= 11 is 5.69. The van der Waals surface area contributed by atoms with Gasteiger partial charge in [0.05, 0.1) is 10.6 Å². The van der Waals surface area contributed by atoms with Gasteiger partial charge in [0, 0.05) is 11.1 Å². The molecule has 140 valence electrons. The molecular formula is C18H13ClF3N3O2. The molecule has 2 aromatic rings. The van der Waals surface area contributed by atoms with Crippen LogP contribution in [0, 0.1) is 0 Å². The number of aliphatic imine (C=N–C) groups is 1. The fourth-order valence-corrected chi connectivity index (χ4v) is 2.91. The summed E-state index contributed by atoms with van der Waals surface area (Å²) in [5.74, 6) is -0.635. The first-order valence-electron chi connectivity index (χ1n) is 7.65. The van der Waals surface area contributed by atoms with E-state index in [0.717, 1.165) is 6.07 Å². The Morgan fingerprint density at radius 2 is 1.89 bits per heavy atom. The molecule has 0 bridgehead atoms. The number of halogens is 4. The van der Waals surface area contributed by atoms with E-state index in [4.69, 9.17) is 27.8 Å². The van der Waals surface area contributed by atoms with E-state index in [2.05, 4.69) is 4.99 Å². The van der Waals surface area contributed by atoms with Crippen LogP contribution in [-0.4, -0.2) is 18.5 Å². The number of carbonyl (C=O) groups excluding carboxylic acids is 1. The number of ether oxygens (including phenoxy) is 1. The largest absolute Gasteiger partial charge is 0.489 e. The Kier molecular flexibility index (Phi) is 4.84. The molecule has 1 aliphatic rings. The molecule has 2 aromatic carbocycles. The molecule has 4 N–H and O–H groups in total. The molecule has 1 amide bonds. The Morgan fingerprint density at radius 1 is 1.15 bits per heavy atom. The minimum Gasteiger partial charge on any atom is -0.489 e. The van der Waals surface area contributed by atoms with Gasteiger partial charge >= 0.3 is 6.18 Å². The molecule has 3 rings (SSSR count). The average molecular weight is 396 g/mol. The fraction of sp³-hybridized carbons (Fsp3) is 0.111. The van der Waals surface area contributed by atoms with Crippen molar-refractivity contribution in [1.82, 2.24) is 0 Å². The second-order valence-corrected chi connectivity index (χ2v) is 6.08. The molecule has 5 nitrogen and oxygen atoms in total. The lowest BCUT2D eigenvalue weighted by Gasteiger charge is -2.20. The first-order valence-corrected chi connectivity index (χ1v) is 8.03. The van der Waals surface area contributed by atoms with Gasteiger partial charge in [-0.25, -0.2) is 0 Å². The highest BCUT2D eigenvalue weighted by Crippen LogP contribution is 2.40. The number of guanidine groups is 1. The third-order valence-electron chi connectivity index (χ3n) is 3.86. The van der Waals surface area contributed by atoms with E-state index in [0.29, 0.717) is 22.4 Å². The lowest BCUT2D eigenvalue weighted by Crippen LogP contribution is -2.24. The highest BCUT2D eigenvalue weighted by Gasteiger charge is 2.34. The summed E-state index contributed by atoms with van der Waals surface area (Å²) in [6.45, 7) is 0.174. The zero-order valence-electron chi connectivity index (χ0n) is 13.7. The Balaban J connectivity index is 2.09. The Labute approximate surface area is 157 Å². The minimum atomic E-state index is -4.59. The van der Waals surface area contributed by atoms with Crippen molar-refractivity contribution >= 4 is 29.0 Å². The SMILES string of the molecule is NC(N)=NC(=O)c1ccc2c(c1)C(c1ccc(Cl)c(C(F)(F)F)c1)=CCO2. The van der Waals surface area contributed by atoms with Crippen LogP contribution in [0.25, 0.3) is 5.57 Å². The molecule has 1 heterocycles. The van der Waals surface area contributed by atoms with E-state index in [1.165, 1.54) is 24.3 Å². The average Bonchev–Trinajstić information content (AvgIpc) is 2.59. The quantitative estimate of drug-likeness (QED) is 0.600. The number of nitrogens with zero attached hydrogens (tertiary/aromatic N) is 1.